The summed E-state index contributed by atoms with van der Waals surface area (Å²) in [6, 6.07) is 7.51. The fourth-order valence-electron chi connectivity index (χ4n) is 3.00. The maximum Gasteiger partial charge on any atom is 0.0375 e. The number of anilines is 1. The molecule has 3 rings (SSSR count). The van der Waals surface area contributed by atoms with E-state index < -0.39 is 0 Å². The van der Waals surface area contributed by atoms with Crippen LogP contribution in [0.1, 0.15) is 24.0 Å². The summed E-state index contributed by atoms with van der Waals surface area (Å²) in [7, 11) is 2.28. The Bertz CT molecular complexity index is 413. The van der Waals surface area contributed by atoms with Gasteiger partial charge in [-0.05, 0) is 49.3 Å². The van der Waals surface area contributed by atoms with Crippen molar-refractivity contribution >= 4 is 17.4 Å². The van der Waals surface area contributed by atoms with Gasteiger partial charge >= 0.3 is 0 Å². The number of nitrogens with one attached hydrogen (secondary N) is 1. The lowest BCUT2D eigenvalue weighted by Gasteiger charge is -2.27. The van der Waals surface area contributed by atoms with Crippen molar-refractivity contribution in [3.8, 4) is 0 Å². The molecule has 1 atom stereocenters. The summed E-state index contributed by atoms with van der Waals surface area (Å²) >= 11 is 2.10. The smallest absolute Gasteiger partial charge is 0.0375 e. The summed E-state index contributed by atoms with van der Waals surface area (Å²) in [6.45, 7) is 2.24. The van der Waals surface area contributed by atoms with E-state index in [0.717, 1.165) is 19.1 Å². The van der Waals surface area contributed by atoms with E-state index in [4.69, 9.17) is 0 Å². The second-order valence-electron chi connectivity index (χ2n) is 5.41. The lowest BCUT2D eigenvalue weighted by Crippen LogP contribution is -2.31. The standard InChI is InChI=1S/C15H22N2S/c1-17(13-7-9-18-11-13)10-12-4-2-6-15-14(12)5-3-8-16-15/h2,4,6,13,16H,3,5,7-11H2,1H3. The number of thioether (sulfide) groups is 1. The molecule has 1 aromatic carbocycles. The highest BCUT2D eigenvalue weighted by Crippen LogP contribution is 2.28. The summed E-state index contributed by atoms with van der Waals surface area (Å²) in [4.78, 5) is 2.55. The molecule has 98 valence electrons. The quantitative estimate of drug-likeness (QED) is 0.901. The van der Waals surface area contributed by atoms with Crippen LogP contribution in [0.15, 0.2) is 18.2 Å². The molecule has 2 aliphatic rings. The van der Waals surface area contributed by atoms with Crippen LogP contribution in [0.2, 0.25) is 0 Å². The fraction of sp³-hybridized carbons (Fsp3) is 0.600. The van der Waals surface area contributed by atoms with Crippen LogP contribution in [0.25, 0.3) is 0 Å². The highest BCUT2D eigenvalue weighted by Gasteiger charge is 2.21. The first-order valence-corrected chi connectivity index (χ1v) is 8.12. The van der Waals surface area contributed by atoms with Crippen LogP contribution >= 0.6 is 11.8 Å². The van der Waals surface area contributed by atoms with E-state index in [1.807, 2.05) is 0 Å². The predicted molar refractivity (Wildman–Crippen MR) is 80.4 cm³/mol. The molecule has 1 aromatic rings. The van der Waals surface area contributed by atoms with Crippen LogP contribution < -0.4 is 5.32 Å². The highest BCUT2D eigenvalue weighted by molar-refractivity contribution is 7.99. The molecule has 0 aliphatic carbocycles. The molecule has 2 nitrogen and oxygen atoms in total. The normalized spacial score (nSPS) is 22.9. The third-order valence-corrected chi connectivity index (χ3v) is 5.29. The summed E-state index contributed by atoms with van der Waals surface area (Å²) in [5, 5.41) is 3.52. The number of hydrogen-bond donors (Lipinski definition) is 1. The lowest BCUT2D eigenvalue weighted by molar-refractivity contribution is 0.253. The van der Waals surface area contributed by atoms with Gasteiger partial charge in [0.1, 0.15) is 0 Å². The minimum Gasteiger partial charge on any atom is -0.385 e. The maximum absolute atomic E-state index is 3.52. The largest absolute Gasteiger partial charge is 0.385 e. The summed E-state index contributed by atoms with van der Waals surface area (Å²) in [6.07, 6.45) is 3.87. The number of hydrogen-bond acceptors (Lipinski definition) is 3. The molecule has 0 aromatic heterocycles. The van der Waals surface area contributed by atoms with Gasteiger partial charge in [0.2, 0.25) is 0 Å². The topological polar surface area (TPSA) is 15.3 Å². The van der Waals surface area contributed by atoms with E-state index in [1.165, 1.54) is 42.0 Å². The van der Waals surface area contributed by atoms with Crippen molar-refractivity contribution in [3.05, 3.63) is 29.3 Å². The third-order valence-electron chi connectivity index (χ3n) is 4.14. The number of fused-ring (bicyclic) bond motifs is 1. The molecule has 2 aliphatic heterocycles. The molecule has 1 unspecified atom stereocenters. The van der Waals surface area contributed by atoms with Gasteiger partial charge in [0.25, 0.3) is 0 Å². The molecular weight excluding hydrogens is 240 g/mol. The number of nitrogens with zero attached hydrogens (tertiary/aromatic N) is 1. The van der Waals surface area contributed by atoms with E-state index in [0.29, 0.717) is 0 Å². The molecule has 0 bridgehead atoms. The van der Waals surface area contributed by atoms with Gasteiger partial charge in [0.05, 0.1) is 0 Å². The Morgan fingerprint density at radius 2 is 2.39 bits per heavy atom. The van der Waals surface area contributed by atoms with Gasteiger partial charge in [-0.2, -0.15) is 11.8 Å². The Morgan fingerprint density at radius 1 is 1.44 bits per heavy atom. The SMILES string of the molecule is CN(Cc1cccc2c1CCCN2)C1CCSC1. The van der Waals surface area contributed by atoms with Gasteiger partial charge < -0.3 is 5.32 Å². The van der Waals surface area contributed by atoms with Crippen LogP contribution in [0.4, 0.5) is 5.69 Å². The minimum atomic E-state index is 0.780. The maximum atomic E-state index is 3.52. The second-order valence-corrected chi connectivity index (χ2v) is 6.56. The van der Waals surface area contributed by atoms with Gasteiger partial charge in [-0.15, -0.1) is 0 Å². The van der Waals surface area contributed by atoms with E-state index >= 15 is 0 Å². The molecule has 0 amide bonds. The molecule has 1 saturated heterocycles. The first-order valence-electron chi connectivity index (χ1n) is 6.97. The van der Waals surface area contributed by atoms with E-state index in [2.05, 4.69) is 47.2 Å². The van der Waals surface area contributed by atoms with Crippen LogP contribution in [-0.2, 0) is 13.0 Å². The highest BCUT2D eigenvalue weighted by atomic mass is 32.2. The summed E-state index contributed by atoms with van der Waals surface area (Å²) < 4.78 is 0. The van der Waals surface area contributed by atoms with Crippen LogP contribution in [-0.4, -0.2) is 36.0 Å². The number of rotatable bonds is 3. The van der Waals surface area contributed by atoms with Gasteiger partial charge in [0.15, 0.2) is 0 Å². The second kappa shape index (κ2) is 5.54. The summed E-state index contributed by atoms with van der Waals surface area (Å²) in [5.74, 6) is 2.65. The van der Waals surface area contributed by atoms with E-state index in [9.17, 15) is 0 Å². The molecule has 3 heteroatoms. The zero-order chi connectivity index (χ0) is 12.4. The Balaban J connectivity index is 1.75. The van der Waals surface area contributed by atoms with Crippen molar-refractivity contribution in [1.82, 2.24) is 4.90 Å². The average molecular weight is 262 g/mol. The zero-order valence-electron chi connectivity index (χ0n) is 11.1. The van der Waals surface area contributed by atoms with Gasteiger partial charge in [-0.25, -0.2) is 0 Å². The fourth-order valence-corrected chi connectivity index (χ4v) is 4.30. The Hall–Kier alpha value is -0.670. The first-order chi connectivity index (χ1) is 8.84. The molecule has 1 fully saturated rings. The zero-order valence-corrected chi connectivity index (χ0v) is 11.9. The van der Waals surface area contributed by atoms with Crippen LogP contribution in [0, 0.1) is 0 Å². The third kappa shape index (κ3) is 2.52. The first kappa shape index (κ1) is 12.4. The molecule has 0 saturated carbocycles. The van der Waals surface area contributed by atoms with Crippen molar-refractivity contribution in [2.75, 3.05) is 30.4 Å². The van der Waals surface area contributed by atoms with Crippen LogP contribution in [0.5, 0.6) is 0 Å². The van der Waals surface area contributed by atoms with Gasteiger partial charge in [-0.3, -0.25) is 4.90 Å². The Kier molecular flexibility index (Phi) is 3.80. The monoisotopic (exact) mass is 262 g/mol. The van der Waals surface area contributed by atoms with Gasteiger partial charge in [-0.1, -0.05) is 12.1 Å². The predicted octanol–water partition coefficient (Wildman–Crippen LogP) is 2.98. The van der Waals surface area contributed by atoms with Crippen molar-refractivity contribution in [2.24, 2.45) is 0 Å². The number of benzene rings is 1. The minimum absolute atomic E-state index is 0.780. The average Bonchev–Trinajstić information content (AvgIpc) is 2.93. The van der Waals surface area contributed by atoms with E-state index in [-0.39, 0.29) is 0 Å². The molecule has 0 spiro atoms. The van der Waals surface area contributed by atoms with Crippen LogP contribution in [0.3, 0.4) is 0 Å². The molecule has 18 heavy (non-hydrogen) atoms. The lowest BCUT2D eigenvalue weighted by atomic mass is 9.97. The Labute approximate surface area is 114 Å². The van der Waals surface area contributed by atoms with Crippen molar-refractivity contribution in [2.45, 2.75) is 31.8 Å². The summed E-state index contributed by atoms with van der Waals surface area (Å²) in [5.41, 5.74) is 4.45. The molecule has 2 heterocycles. The van der Waals surface area contributed by atoms with Crippen molar-refractivity contribution < 1.29 is 0 Å². The van der Waals surface area contributed by atoms with Crippen molar-refractivity contribution in [3.63, 3.8) is 0 Å². The Morgan fingerprint density at radius 3 is 3.22 bits per heavy atom. The molecular formula is C15H22N2S. The van der Waals surface area contributed by atoms with Crippen molar-refractivity contribution in [1.29, 1.82) is 0 Å². The van der Waals surface area contributed by atoms with Gasteiger partial charge in [0, 0.05) is 30.6 Å². The molecule has 0 radical (unpaired) electrons. The van der Waals surface area contributed by atoms with E-state index in [1.54, 1.807) is 5.56 Å². The molecule has 1 N–H and O–H groups in total.